The first-order valence-corrected chi connectivity index (χ1v) is 13.0. The molecule has 0 radical (unpaired) electrons. The Morgan fingerprint density at radius 1 is 1.14 bits per heavy atom. The van der Waals surface area contributed by atoms with Crippen molar-refractivity contribution in [3.05, 3.63) is 34.4 Å². The van der Waals surface area contributed by atoms with E-state index in [9.17, 15) is 14.0 Å². The highest BCUT2D eigenvalue weighted by atomic mass is 31.3. The van der Waals surface area contributed by atoms with Crippen LogP contribution in [0.2, 0.25) is 0 Å². The summed E-state index contributed by atoms with van der Waals surface area (Å²) in [5.41, 5.74) is 4.49. The molecule has 0 heterocycles. The average Bonchev–Trinajstić information content (AvgIpc) is 2.51. The second kappa shape index (κ2) is 11.2. The molecular formula is C20H36O7P2. The molecule has 0 aliphatic heterocycles. The van der Waals surface area contributed by atoms with Crippen LogP contribution in [0.3, 0.4) is 0 Å². The maximum Gasteiger partial charge on any atom is 0.481 e. The molecule has 1 aliphatic carbocycles. The van der Waals surface area contributed by atoms with Crippen LogP contribution in [-0.2, 0) is 18.0 Å². The summed E-state index contributed by atoms with van der Waals surface area (Å²) in [6, 6.07) is 0. The summed E-state index contributed by atoms with van der Waals surface area (Å²) in [7, 11) is -9.96. The van der Waals surface area contributed by atoms with Crippen molar-refractivity contribution in [3.63, 3.8) is 0 Å². The van der Waals surface area contributed by atoms with E-state index in [1.807, 2.05) is 6.92 Å². The molecule has 0 aromatic heterocycles. The predicted octanol–water partition coefficient (Wildman–Crippen LogP) is 6.19. The van der Waals surface area contributed by atoms with Gasteiger partial charge in [-0.3, -0.25) is 4.52 Å². The zero-order chi connectivity index (χ0) is 22.3. The molecule has 7 nitrogen and oxygen atoms in total. The van der Waals surface area contributed by atoms with Crippen molar-refractivity contribution in [1.82, 2.24) is 0 Å². The quantitative estimate of drug-likeness (QED) is 0.254. The smallest absolute Gasteiger partial charge is 0.302 e. The third-order valence-electron chi connectivity index (χ3n) is 5.39. The Morgan fingerprint density at radius 3 is 2.38 bits per heavy atom. The van der Waals surface area contributed by atoms with Crippen LogP contribution >= 0.6 is 15.6 Å². The van der Waals surface area contributed by atoms with Crippen molar-refractivity contribution in [1.29, 1.82) is 0 Å². The molecule has 3 N–H and O–H groups in total. The number of hydrogen-bond acceptors (Lipinski definition) is 4. The van der Waals surface area contributed by atoms with E-state index in [1.54, 1.807) is 0 Å². The van der Waals surface area contributed by atoms with Gasteiger partial charge in [-0.1, -0.05) is 35.8 Å². The first-order chi connectivity index (χ1) is 13.2. The number of allylic oxidation sites excluding steroid dienone is 5. The lowest BCUT2D eigenvalue weighted by molar-refractivity contribution is 0.173. The van der Waals surface area contributed by atoms with Crippen molar-refractivity contribution in [3.8, 4) is 0 Å². The van der Waals surface area contributed by atoms with Gasteiger partial charge in [-0.25, -0.2) is 9.13 Å². The van der Waals surface area contributed by atoms with Crippen molar-refractivity contribution in [2.45, 2.75) is 79.6 Å². The van der Waals surface area contributed by atoms with Gasteiger partial charge >= 0.3 is 15.6 Å². The van der Waals surface area contributed by atoms with Gasteiger partial charge in [-0.15, -0.1) is 0 Å². The van der Waals surface area contributed by atoms with Crippen LogP contribution < -0.4 is 0 Å². The Hall–Kier alpha value is -0.520. The fraction of sp³-hybridized carbons (Fsp3) is 0.700. The molecule has 168 valence electrons. The second-order valence-electron chi connectivity index (χ2n) is 8.40. The largest absolute Gasteiger partial charge is 0.481 e. The molecule has 0 aromatic rings. The van der Waals surface area contributed by atoms with Crippen LogP contribution in [-0.4, -0.2) is 21.3 Å². The molecule has 2 unspecified atom stereocenters. The predicted molar refractivity (Wildman–Crippen MR) is 115 cm³/mol. The van der Waals surface area contributed by atoms with E-state index in [-0.39, 0.29) is 12.0 Å². The van der Waals surface area contributed by atoms with E-state index in [1.165, 1.54) is 11.1 Å². The molecule has 2 atom stereocenters. The highest BCUT2D eigenvalue weighted by Gasteiger charge is 2.37. The maximum absolute atomic E-state index is 11.8. The lowest BCUT2D eigenvalue weighted by atomic mass is 9.69. The van der Waals surface area contributed by atoms with Gasteiger partial charge in [0.2, 0.25) is 0 Å². The van der Waals surface area contributed by atoms with Crippen LogP contribution in [0.1, 0.15) is 79.6 Å². The van der Waals surface area contributed by atoms with Crippen LogP contribution in [0.15, 0.2) is 34.4 Å². The molecule has 0 fully saturated rings. The van der Waals surface area contributed by atoms with Crippen LogP contribution in [0.4, 0.5) is 0 Å². The Balaban J connectivity index is 2.77. The molecule has 0 aromatic carbocycles. The monoisotopic (exact) mass is 450 g/mol. The topological polar surface area (TPSA) is 113 Å². The van der Waals surface area contributed by atoms with Crippen molar-refractivity contribution in [2.75, 3.05) is 6.61 Å². The molecule has 9 heteroatoms. The Bertz CT molecular complexity index is 744. The van der Waals surface area contributed by atoms with Gasteiger partial charge in [0.25, 0.3) is 0 Å². The lowest BCUT2D eigenvalue weighted by Crippen LogP contribution is -2.27. The van der Waals surface area contributed by atoms with Crippen LogP contribution in [0.25, 0.3) is 0 Å². The van der Waals surface area contributed by atoms with E-state index >= 15 is 0 Å². The first-order valence-electron chi connectivity index (χ1n) is 9.96. The summed E-state index contributed by atoms with van der Waals surface area (Å²) in [5, 5.41) is 0. The summed E-state index contributed by atoms with van der Waals surface area (Å²) in [6.45, 7) is 10.2. The summed E-state index contributed by atoms with van der Waals surface area (Å²) >= 11 is 0. The Kier molecular flexibility index (Phi) is 10.2. The summed E-state index contributed by atoms with van der Waals surface area (Å²) in [5.74, 6) is 0. The molecule has 0 spiro atoms. The van der Waals surface area contributed by atoms with Crippen molar-refractivity contribution < 1.29 is 32.6 Å². The number of phosphoric acid groups is 2. The fourth-order valence-electron chi connectivity index (χ4n) is 3.77. The Morgan fingerprint density at radius 2 is 1.79 bits per heavy atom. The molecule has 0 saturated heterocycles. The first kappa shape index (κ1) is 26.5. The molecule has 0 saturated carbocycles. The number of phosphoric ester groups is 1. The second-order valence-corrected chi connectivity index (χ2v) is 11.2. The molecular weight excluding hydrogens is 414 g/mol. The number of rotatable bonds is 11. The molecule has 29 heavy (non-hydrogen) atoms. The third-order valence-corrected chi connectivity index (χ3v) is 7.52. The van der Waals surface area contributed by atoms with E-state index in [4.69, 9.17) is 14.3 Å². The van der Waals surface area contributed by atoms with Crippen LogP contribution in [0, 0.1) is 5.41 Å². The van der Waals surface area contributed by atoms with E-state index < -0.39 is 15.6 Å². The van der Waals surface area contributed by atoms with Gasteiger partial charge in [0.1, 0.15) is 0 Å². The van der Waals surface area contributed by atoms with Gasteiger partial charge in [0.15, 0.2) is 0 Å². The highest BCUT2D eigenvalue weighted by Crippen LogP contribution is 2.58. The van der Waals surface area contributed by atoms with Gasteiger partial charge in [0, 0.05) is 0 Å². The molecule has 1 rings (SSSR count). The molecule has 0 bridgehead atoms. The zero-order valence-corrected chi connectivity index (χ0v) is 20.0. The minimum Gasteiger partial charge on any atom is -0.302 e. The van der Waals surface area contributed by atoms with E-state index in [0.717, 1.165) is 56.1 Å². The standard InChI is InChI=1S/C20H36O7P2/c1-16(2)9-6-10-17(3)11-7-13-20(5)14-8-12-18(4)19(20)15-26-29(24,25)27-28(21,22)23/h9,11H,6-8,10,12-15H2,1-5H3,(H,24,25)(H2,21,22,23)/b17-11-. The Labute approximate surface area is 174 Å². The van der Waals surface area contributed by atoms with Gasteiger partial charge in [0.05, 0.1) is 6.61 Å². The van der Waals surface area contributed by atoms with Crippen molar-refractivity contribution in [2.24, 2.45) is 5.41 Å². The summed E-state index contributed by atoms with van der Waals surface area (Å²) in [4.78, 5) is 27.1. The van der Waals surface area contributed by atoms with Crippen molar-refractivity contribution >= 4 is 15.6 Å². The molecule has 0 amide bonds. The summed E-state index contributed by atoms with van der Waals surface area (Å²) < 4.78 is 31.5. The minimum absolute atomic E-state index is 0.181. The zero-order valence-electron chi connectivity index (χ0n) is 18.2. The summed E-state index contributed by atoms with van der Waals surface area (Å²) in [6.07, 6.45) is 11.1. The van der Waals surface area contributed by atoms with E-state index in [2.05, 4.69) is 44.2 Å². The lowest BCUT2D eigenvalue weighted by Gasteiger charge is -2.38. The third kappa shape index (κ3) is 10.4. The van der Waals surface area contributed by atoms with Gasteiger partial charge in [-0.2, -0.15) is 4.31 Å². The fourth-order valence-corrected chi connectivity index (χ4v) is 5.32. The normalized spacial score (nSPS) is 23.1. The minimum atomic E-state index is -5.12. The highest BCUT2D eigenvalue weighted by molar-refractivity contribution is 7.60. The number of hydrogen-bond donors (Lipinski definition) is 3. The SMILES string of the molecule is CC(C)=CCC/C(C)=C\CCC1(C)CCCC(C)=C1COP(=O)(O)OP(=O)(O)O. The maximum atomic E-state index is 11.8. The molecule has 1 aliphatic rings. The van der Waals surface area contributed by atoms with E-state index in [0.29, 0.717) is 0 Å². The van der Waals surface area contributed by atoms with Gasteiger partial charge in [-0.05, 0) is 83.6 Å². The van der Waals surface area contributed by atoms with Crippen LogP contribution in [0.5, 0.6) is 0 Å². The average molecular weight is 450 g/mol. The van der Waals surface area contributed by atoms with Gasteiger partial charge < -0.3 is 14.7 Å².